The lowest BCUT2D eigenvalue weighted by molar-refractivity contribution is 1.36. The molecule has 33 heavy (non-hydrogen) atoms. The predicted molar refractivity (Wildman–Crippen MR) is 141 cm³/mol. The predicted octanol–water partition coefficient (Wildman–Crippen LogP) is 8.55. The Kier molecular flexibility index (Phi) is 4.97. The van der Waals surface area contributed by atoms with Crippen LogP contribution < -0.4 is 0 Å². The Hall–Kier alpha value is -3.82. The van der Waals surface area contributed by atoms with Crippen molar-refractivity contribution in [2.45, 2.75) is 0 Å². The highest BCUT2D eigenvalue weighted by Gasteiger charge is 2.09. The van der Waals surface area contributed by atoms with Crippen molar-refractivity contribution < 1.29 is 0 Å². The van der Waals surface area contributed by atoms with Crippen LogP contribution in [-0.2, 0) is 0 Å². The first-order valence-electron chi connectivity index (χ1n) is 10.9. The zero-order valence-corrected chi connectivity index (χ0v) is 19.3. The third-order valence-corrected chi connectivity index (χ3v) is 6.45. The molecule has 0 fully saturated rings. The summed E-state index contributed by atoms with van der Waals surface area (Å²) < 4.78 is 1.08. The molecule has 2 aromatic heterocycles. The van der Waals surface area contributed by atoms with Crippen LogP contribution in [0.5, 0.6) is 0 Å². The molecule has 6 aromatic rings. The van der Waals surface area contributed by atoms with Gasteiger partial charge in [-0.3, -0.25) is 0 Å². The maximum absolute atomic E-state index is 5.09. The van der Waals surface area contributed by atoms with Gasteiger partial charge in [0.1, 0.15) is 0 Å². The molecule has 0 N–H and O–H groups in total. The Bertz CT molecular complexity index is 1610. The summed E-state index contributed by atoms with van der Waals surface area (Å²) in [4.78, 5) is 10.1. The van der Waals surface area contributed by atoms with E-state index in [0.717, 1.165) is 48.8 Å². The summed E-state index contributed by atoms with van der Waals surface area (Å²) in [5.74, 6) is 0. The number of benzene rings is 4. The van der Waals surface area contributed by atoms with Gasteiger partial charge in [0.05, 0.1) is 22.4 Å². The van der Waals surface area contributed by atoms with Gasteiger partial charge < -0.3 is 0 Å². The van der Waals surface area contributed by atoms with E-state index in [0.29, 0.717) is 0 Å². The third kappa shape index (κ3) is 3.81. The van der Waals surface area contributed by atoms with Gasteiger partial charge in [0.25, 0.3) is 0 Å². The highest BCUT2D eigenvalue weighted by atomic mass is 79.9. The Morgan fingerprint density at radius 3 is 1.64 bits per heavy atom. The van der Waals surface area contributed by atoms with E-state index >= 15 is 0 Å². The van der Waals surface area contributed by atoms with Crippen molar-refractivity contribution in [1.82, 2.24) is 9.97 Å². The fourth-order valence-corrected chi connectivity index (χ4v) is 4.46. The molecule has 6 rings (SSSR count). The monoisotopic (exact) mass is 486 g/mol. The number of halogens is 1. The first-order chi connectivity index (χ1) is 16.2. The van der Waals surface area contributed by atoms with Crippen LogP contribution >= 0.6 is 15.9 Å². The molecule has 4 aromatic carbocycles. The largest absolute Gasteiger partial charge is 0.245 e. The number of rotatable bonds is 3. The Morgan fingerprint density at radius 2 is 0.970 bits per heavy atom. The Labute approximate surface area is 200 Å². The highest BCUT2D eigenvalue weighted by molar-refractivity contribution is 9.10. The molecule has 0 radical (unpaired) electrons. The smallest absolute Gasteiger partial charge is 0.0972 e. The van der Waals surface area contributed by atoms with Gasteiger partial charge in [-0.05, 0) is 41.5 Å². The van der Waals surface area contributed by atoms with Crippen LogP contribution in [0.2, 0.25) is 0 Å². The molecule has 0 aliphatic rings. The number of aromatic nitrogens is 2. The van der Waals surface area contributed by atoms with E-state index in [1.54, 1.807) is 0 Å². The average molecular weight is 487 g/mol. The number of fused-ring (bicyclic) bond motifs is 3. The molecule has 0 saturated carbocycles. The Morgan fingerprint density at radius 1 is 0.424 bits per heavy atom. The van der Waals surface area contributed by atoms with Crippen molar-refractivity contribution >= 4 is 37.7 Å². The molecule has 0 aliphatic heterocycles. The van der Waals surface area contributed by atoms with Crippen molar-refractivity contribution in [2.75, 3.05) is 0 Å². The van der Waals surface area contributed by atoms with Crippen LogP contribution in [0.4, 0.5) is 0 Å². The lowest BCUT2D eigenvalue weighted by atomic mass is 10.0. The van der Waals surface area contributed by atoms with Gasteiger partial charge in [-0.25, -0.2) is 9.97 Å². The van der Waals surface area contributed by atoms with E-state index in [2.05, 4.69) is 113 Å². The second-order valence-corrected chi connectivity index (χ2v) is 8.97. The summed E-state index contributed by atoms with van der Waals surface area (Å²) in [6.07, 6.45) is 0. The number of hydrogen-bond acceptors (Lipinski definition) is 2. The molecule has 156 valence electrons. The zero-order chi connectivity index (χ0) is 22.2. The molecular formula is C30H19BrN2. The fraction of sp³-hybridized carbons (Fsp3) is 0. The third-order valence-electron chi connectivity index (χ3n) is 5.93. The van der Waals surface area contributed by atoms with E-state index in [4.69, 9.17) is 9.97 Å². The number of nitrogens with zero attached hydrogens (tertiary/aromatic N) is 2. The van der Waals surface area contributed by atoms with E-state index in [-0.39, 0.29) is 0 Å². The highest BCUT2D eigenvalue weighted by Crippen LogP contribution is 2.30. The number of hydrogen-bond donors (Lipinski definition) is 0. The van der Waals surface area contributed by atoms with Crippen molar-refractivity contribution in [2.24, 2.45) is 0 Å². The second kappa shape index (κ2) is 8.27. The maximum atomic E-state index is 5.09. The van der Waals surface area contributed by atoms with Crippen LogP contribution in [0.3, 0.4) is 0 Å². The molecule has 0 spiro atoms. The zero-order valence-electron chi connectivity index (χ0n) is 17.7. The standard InChI is InChI=1S/C30H19BrN2/c31-26-15-11-20(12-16-26)24-7-4-8-25(19-24)28-18-14-23-10-9-22-13-17-27(21-5-2-1-3-6-21)32-29(22)30(23)33-28/h1-19H. The molecule has 0 unspecified atom stereocenters. The van der Waals surface area contributed by atoms with E-state index in [9.17, 15) is 0 Å². The van der Waals surface area contributed by atoms with Crippen molar-refractivity contribution in [1.29, 1.82) is 0 Å². The normalized spacial score (nSPS) is 11.2. The van der Waals surface area contributed by atoms with Gasteiger partial charge in [0.2, 0.25) is 0 Å². The molecule has 2 heterocycles. The molecule has 0 saturated heterocycles. The summed E-state index contributed by atoms with van der Waals surface area (Å²) in [7, 11) is 0. The van der Waals surface area contributed by atoms with Gasteiger partial charge in [0.15, 0.2) is 0 Å². The second-order valence-electron chi connectivity index (χ2n) is 8.06. The van der Waals surface area contributed by atoms with Gasteiger partial charge in [-0.1, -0.05) is 101 Å². The van der Waals surface area contributed by atoms with Crippen LogP contribution in [0.1, 0.15) is 0 Å². The summed E-state index contributed by atoms with van der Waals surface area (Å²) in [5.41, 5.74) is 8.31. The quantitative estimate of drug-likeness (QED) is 0.234. The first kappa shape index (κ1) is 19.8. The maximum Gasteiger partial charge on any atom is 0.0972 e. The summed E-state index contributed by atoms with van der Waals surface area (Å²) in [6.45, 7) is 0. The minimum absolute atomic E-state index is 0.928. The minimum Gasteiger partial charge on any atom is -0.245 e. The van der Waals surface area contributed by atoms with Crippen LogP contribution in [0, 0.1) is 0 Å². The molecule has 0 amide bonds. The van der Waals surface area contributed by atoms with Crippen molar-refractivity contribution in [3.63, 3.8) is 0 Å². The molecule has 3 heteroatoms. The Balaban J connectivity index is 1.49. The van der Waals surface area contributed by atoms with E-state index < -0.39 is 0 Å². The van der Waals surface area contributed by atoms with Gasteiger partial charge in [-0.2, -0.15) is 0 Å². The summed E-state index contributed by atoms with van der Waals surface area (Å²) in [6, 6.07) is 39.9. The molecule has 2 nitrogen and oxygen atoms in total. The van der Waals surface area contributed by atoms with Crippen molar-refractivity contribution in [3.8, 4) is 33.6 Å². The first-order valence-corrected chi connectivity index (χ1v) is 11.7. The summed E-state index contributed by atoms with van der Waals surface area (Å²) >= 11 is 3.52. The topological polar surface area (TPSA) is 25.8 Å². The molecular weight excluding hydrogens is 468 g/mol. The van der Waals surface area contributed by atoms with Crippen molar-refractivity contribution in [3.05, 3.63) is 120 Å². The number of pyridine rings is 2. The molecule has 0 aliphatic carbocycles. The lowest BCUT2D eigenvalue weighted by Gasteiger charge is -2.09. The SMILES string of the molecule is Brc1ccc(-c2cccc(-c3ccc4ccc5ccc(-c6ccccc6)nc5c4n3)c2)cc1. The van der Waals surface area contributed by atoms with Gasteiger partial charge >= 0.3 is 0 Å². The average Bonchev–Trinajstić information content (AvgIpc) is 2.89. The minimum atomic E-state index is 0.928. The van der Waals surface area contributed by atoms with Crippen LogP contribution in [0.25, 0.3) is 55.4 Å². The summed E-state index contributed by atoms with van der Waals surface area (Å²) in [5, 5.41) is 2.18. The molecule has 0 bridgehead atoms. The van der Waals surface area contributed by atoms with Gasteiger partial charge in [0, 0.05) is 26.4 Å². The van der Waals surface area contributed by atoms with Crippen LogP contribution in [0.15, 0.2) is 120 Å². The van der Waals surface area contributed by atoms with E-state index in [1.165, 1.54) is 11.1 Å². The van der Waals surface area contributed by atoms with E-state index in [1.807, 2.05) is 18.2 Å². The fourth-order valence-electron chi connectivity index (χ4n) is 4.20. The van der Waals surface area contributed by atoms with Crippen LogP contribution in [-0.4, -0.2) is 9.97 Å². The lowest BCUT2D eigenvalue weighted by Crippen LogP contribution is -1.91. The van der Waals surface area contributed by atoms with Gasteiger partial charge in [-0.15, -0.1) is 0 Å². The molecule has 0 atom stereocenters.